The molecule has 0 bridgehead atoms. The molecular weight excluding hydrogens is 247 g/mol. The van der Waals surface area contributed by atoms with Crippen LogP contribution < -0.4 is 10.1 Å². The lowest BCUT2D eigenvalue weighted by Gasteiger charge is -2.35. The van der Waals surface area contributed by atoms with Crippen molar-refractivity contribution in [2.24, 2.45) is 0 Å². The number of hydrogen-bond donors (Lipinski definition) is 1. The second-order valence-corrected chi connectivity index (χ2v) is 4.69. The first-order valence-electron chi connectivity index (χ1n) is 6.54. The molecule has 1 aromatic carbocycles. The summed E-state index contributed by atoms with van der Waals surface area (Å²) in [6.07, 6.45) is 0. The van der Waals surface area contributed by atoms with E-state index in [4.69, 9.17) is 9.47 Å². The number of methoxy groups -OCH3 is 1. The van der Waals surface area contributed by atoms with Gasteiger partial charge < -0.3 is 14.8 Å². The summed E-state index contributed by atoms with van der Waals surface area (Å²) >= 11 is 0. The SMILES string of the molecule is CNCC1COCCN1Cc1cccc(OC)c1F. The second kappa shape index (κ2) is 6.84. The fraction of sp³-hybridized carbons (Fsp3) is 0.571. The van der Waals surface area contributed by atoms with Gasteiger partial charge in [0.25, 0.3) is 0 Å². The monoisotopic (exact) mass is 268 g/mol. The molecule has 0 amide bonds. The number of morpholine rings is 1. The minimum Gasteiger partial charge on any atom is -0.494 e. The van der Waals surface area contributed by atoms with E-state index in [0.717, 1.165) is 13.1 Å². The van der Waals surface area contributed by atoms with E-state index in [9.17, 15) is 4.39 Å². The summed E-state index contributed by atoms with van der Waals surface area (Å²) in [4.78, 5) is 2.25. The molecule has 0 radical (unpaired) electrons. The summed E-state index contributed by atoms with van der Waals surface area (Å²) in [5, 5.41) is 3.15. The molecule has 4 nitrogen and oxygen atoms in total. The zero-order valence-electron chi connectivity index (χ0n) is 11.5. The van der Waals surface area contributed by atoms with E-state index in [1.165, 1.54) is 7.11 Å². The maximum atomic E-state index is 14.1. The average Bonchev–Trinajstić information content (AvgIpc) is 2.43. The molecule has 106 valence electrons. The van der Waals surface area contributed by atoms with Crippen LogP contribution in [-0.4, -0.2) is 51.4 Å². The number of benzene rings is 1. The molecule has 19 heavy (non-hydrogen) atoms. The molecule has 5 heteroatoms. The smallest absolute Gasteiger partial charge is 0.169 e. The van der Waals surface area contributed by atoms with Crippen molar-refractivity contribution in [1.29, 1.82) is 0 Å². The van der Waals surface area contributed by atoms with Crippen molar-refractivity contribution < 1.29 is 13.9 Å². The highest BCUT2D eigenvalue weighted by molar-refractivity contribution is 5.31. The first-order chi connectivity index (χ1) is 9.26. The third-order valence-electron chi connectivity index (χ3n) is 3.43. The lowest BCUT2D eigenvalue weighted by Crippen LogP contribution is -2.49. The van der Waals surface area contributed by atoms with Gasteiger partial charge in [0, 0.05) is 31.2 Å². The molecule has 1 unspecified atom stereocenters. The standard InChI is InChI=1S/C14H21FN2O2/c1-16-8-12-10-19-7-6-17(12)9-11-4-3-5-13(18-2)14(11)15/h3-5,12,16H,6-10H2,1-2H3. The van der Waals surface area contributed by atoms with Gasteiger partial charge >= 0.3 is 0 Å². The highest BCUT2D eigenvalue weighted by Gasteiger charge is 2.23. The van der Waals surface area contributed by atoms with E-state index in [0.29, 0.717) is 31.1 Å². The average molecular weight is 268 g/mol. The van der Waals surface area contributed by atoms with E-state index >= 15 is 0 Å². The van der Waals surface area contributed by atoms with Crippen LogP contribution in [0.5, 0.6) is 5.75 Å². The molecule has 1 saturated heterocycles. The summed E-state index contributed by atoms with van der Waals surface area (Å²) in [5.41, 5.74) is 0.669. The quantitative estimate of drug-likeness (QED) is 0.871. The minimum atomic E-state index is -0.264. The van der Waals surface area contributed by atoms with Gasteiger partial charge in [-0.2, -0.15) is 0 Å². The Kier molecular flexibility index (Phi) is 5.13. The van der Waals surface area contributed by atoms with Crippen LogP contribution in [0.3, 0.4) is 0 Å². The van der Waals surface area contributed by atoms with Crippen molar-refractivity contribution in [3.05, 3.63) is 29.6 Å². The summed E-state index contributed by atoms with van der Waals surface area (Å²) in [6.45, 7) is 3.63. The maximum Gasteiger partial charge on any atom is 0.169 e. The van der Waals surface area contributed by atoms with Crippen molar-refractivity contribution in [2.45, 2.75) is 12.6 Å². The maximum absolute atomic E-state index is 14.1. The number of likely N-dealkylation sites (N-methyl/N-ethyl adjacent to an activating group) is 1. The Hall–Kier alpha value is -1.17. The summed E-state index contributed by atoms with van der Waals surface area (Å²) in [6, 6.07) is 5.56. The Morgan fingerprint density at radius 1 is 1.53 bits per heavy atom. The van der Waals surface area contributed by atoms with Gasteiger partial charge in [-0.15, -0.1) is 0 Å². The van der Waals surface area contributed by atoms with E-state index in [1.54, 1.807) is 6.07 Å². The zero-order chi connectivity index (χ0) is 13.7. The third kappa shape index (κ3) is 3.43. The zero-order valence-corrected chi connectivity index (χ0v) is 11.5. The summed E-state index contributed by atoms with van der Waals surface area (Å²) in [7, 11) is 3.40. The molecule has 1 aliphatic rings. The first kappa shape index (κ1) is 14.2. The summed E-state index contributed by atoms with van der Waals surface area (Å²) < 4.78 is 24.6. The van der Waals surface area contributed by atoms with E-state index in [1.807, 2.05) is 19.2 Å². The van der Waals surface area contributed by atoms with Crippen LogP contribution >= 0.6 is 0 Å². The Bertz CT molecular complexity index is 412. The number of nitrogens with one attached hydrogen (secondary N) is 1. The molecule has 1 aliphatic heterocycles. The predicted molar refractivity (Wildman–Crippen MR) is 71.9 cm³/mol. The molecule has 0 aromatic heterocycles. The van der Waals surface area contributed by atoms with Gasteiger partial charge in [0.15, 0.2) is 11.6 Å². The minimum absolute atomic E-state index is 0.264. The van der Waals surface area contributed by atoms with Crippen molar-refractivity contribution in [3.8, 4) is 5.75 Å². The van der Waals surface area contributed by atoms with Crippen LogP contribution in [0, 0.1) is 5.82 Å². The van der Waals surface area contributed by atoms with E-state index in [2.05, 4.69) is 10.2 Å². The topological polar surface area (TPSA) is 33.7 Å². The number of halogens is 1. The molecule has 0 saturated carbocycles. The lowest BCUT2D eigenvalue weighted by molar-refractivity contribution is -0.0108. The number of nitrogens with zero attached hydrogens (tertiary/aromatic N) is 1. The van der Waals surface area contributed by atoms with Gasteiger partial charge in [-0.1, -0.05) is 12.1 Å². The molecule has 1 aromatic rings. The fourth-order valence-corrected chi connectivity index (χ4v) is 2.38. The van der Waals surface area contributed by atoms with Crippen molar-refractivity contribution in [2.75, 3.05) is 40.5 Å². The van der Waals surface area contributed by atoms with Crippen LogP contribution in [0.25, 0.3) is 0 Å². The molecule has 1 N–H and O–H groups in total. The van der Waals surface area contributed by atoms with Crippen LogP contribution in [-0.2, 0) is 11.3 Å². The van der Waals surface area contributed by atoms with Crippen LogP contribution in [0.4, 0.5) is 4.39 Å². The highest BCUT2D eigenvalue weighted by Crippen LogP contribution is 2.22. The molecule has 1 atom stereocenters. The predicted octanol–water partition coefficient (Wildman–Crippen LogP) is 1.25. The summed E-state index contributed by atoms with van der Waals surface area (Å²) in [5.74, 6) is 0.0376. The van der Waals surface area contributed by atoms with E-state index in [-0.39, 0.29) is 11.9 Å². The van der Waals surface area contributed by atoms with Gasteiger partial charge in [-0.25, -0.2) is 4.39 Å². The number of ether oxygens (including phenoxy) is 2. The molecule has 0 aliphatic carbocycles. The van der Waals surface area contributed by atoms with Crippen molar-refractivity contribution in [3.63, 3.8) is 0 Å². The molecule has 0 spiro atoms. The normalized spacial score (nSPS) is 20.5. The lowest BCUT2D eigenvalue weighted by atomic mass is 10.1. The van der Waals surface area contributed by atoms with Crippen molar-refractivity contribution in [1.82, 2.24) is 10.2 Å². The van der Waals surface area contributed by atoms with E-state index < -0.39 is 0 Å². The Balaban J connectivity index is 2.10. The highest BCUT2D eigenvalue weighted by atomic mass is 19.1. The molecule has 2 rings (SSSR count). The van der Waals surface area contributed by atoms with Gasteiger partial charge in [0.2, 0.25) is 0 Å². The van der Waals surface area contributed by atoms with Gasteiger partial charge in [-0.3, -0.25) is 4.90 Å². The van der Waals surface area contributed by atoms with Gasteiger partial charge in [-0.05, 0) is 13.1 Å². The third-order valence-corrected chi connectivity index (χ3v) is 3.43. The molecular formula is C14H21FN2O2. The van der Waals surface area contributed by atoms with Crippen molar-refractivity contribution >= 4 is 0 Å². The van der Waals surface area contributed by atoms with Crippen LogP contribution in [0.15, 0.2) is 18.2 Å². The van der Waals surface area contributed by atoms with Crippen LogP contribution in [0.1, 0.15) is 5.56 Å². The Morgan fingerprint density at radius 3 is 3.11 bits per heavy atom. The first-order valence-corrected chi connectivity index (χ1v) is 6.54. The fourth-order valence-electron chi connectivity index (χ4n) is 2.38. The Morgan fingerprint density at radius 2 is 2.37 bits per heavy atom. The van der Waals surface area contributed by atoms with Gasteiger partial charge in [0.1, 0.15) is 0 Å². The molecule has 1 fully saturated rings. The van der Waals surface area contributed by atoms with Gasteiger partial charge in [0.05, 0.1) is 20.3 Å². The molecule has 1 heterocycles. The van der Waals surface area contributed by atoms with Crippen LogP contribution in [0.2, 0.25) is 0 Å². The largest absolute Gasteiger partial charge is 0.494 e. The number of rotatable bonds is 5. The second-order valence-electron chi connectivity index (χ2n) is 4.69. The number of hydrogen-bond acceptors (Lipinski definition) is 4. The Labute approximate surface area is 113 Å².